The van der Waals surface area contributed by atoms with Crippen molar-refractivity contribution in [2.45, 2.75) is 24.3 Å². The molecule has 0 saturated carbocycles. The van der Waals surface area contributed by atoms with Gasteiger partial charge < -0.3 is 9.64 Å². The van der Waals surface area contributed by atoms with Crippen molar-refractivity contribution in [2.24, 2.45) is 5.92 Å². The average molecular weight is 356 g/mol. The molecule has 1 amide bonds. The molecule has 0 bridgehead atoms. The normalized spacial score (nSPS) is 25.8. The number of carbonyl (C=O) groups is 1. The fourth-order valence-electron chi connectivity index (χ4n) is 3.30. The Morgan fingerprint density at radius 1 is 1.29 bits per heavy atom. The van der Waals surface area contributed by atoms with Crippen LogP contribution in [0, 0.1) is 11.7 Å². The quantitative estimate of drug-likeness (QED) is 0.795. The van der Waals surface area contributed by atoms with Gasteiger partial charge in [0.15, 0.2) is 0 Å². The molecule has 132 valence electrons. The van der Waals surface area contributed by atoms with Crippen LogP contribution in [0.15, 0.2) is 29.2 Å². The Morgan fingerprint density at radius 3 is 2.79 bits per heavy atom. The molecule has 24 heavy (non-hydrogen) atoms. The molecule has 2 fully saturated rings. The molecular formula is C16H21FN2O4S. The van der Waals surface area contributed by atoms with E-state index in [0.29, 0.717) is 32.7 Å². The highest BCUT2D eigenvalue weighted by atomic mass is 32.2. The Balaban J connectivity index is 1.76. The summed E-state index contributed by atoms with van der Waals surface area (Å²) in [7, 11) is -3.74. The van der Waals surface area contributed by atoms with Gasteiger partial charge in [-0.2, -0.15) is 4.31 Å². The first-order valence-corrected chi connectivity index (χ1v) is 9.45. The van der Waals surface area contributed by atoms with Crippen LogP contribution in [0.3, 0.4) is 0 Å². The number of carbonyl (C=O) groups excluding carboxylic acids is 1. The molecule has 2 saturated heterocycles. The first kappa shape index (κ1) is 17.3. The topological polar surface area (TPSA) is 66.9 Å². The number of fused-ring (bicyclic) bond motifs is 1. The highest BCUT2D eigenvalue weighted by molar-refractivity contribution is 7.89. The molecular weight excluding hydrogens is 335 g/mol. The van der Waals surface area contributed by atoms with Gasteiger partial charge in [0.05, 0.1) is 17.6 Å². The summed E-state index contributed by atoms with van der Waals surface area (Å²) in [6.07, 6.45) is 0.370. The second kappa shape index (κ2) is 6.78. The van der Waals surface area contributed by atoms with E-state index in [1.165, 1.54) is 29.4 Å². The first-order chi connectivity index (χ1) is 11.4. The smallest absolute Gasteiger partial charge is 0.243 e. The summed E-state index contributed by atoms with van der Waals surface area (Å²) < 4.78 is 45.9. The Kier molecular flexibility index (Phi) is 4.89. The maximum absolute atomic E-state index is 13.4. The molecule has 6 nitrogen and oxygen atoms in total. The number of nitrogens with zero attached hydrogens (tertiary/aromatic N) is 2. The predicted octanol–water partition coefficient (Wildman–Crippen LogP) is 1.08. The Labute approximate surface area is 141 Å². The largest absolute Gasteiger partial charge is 0.375 e. The van der Waals surface area contributed by atoms with Crippen LogP contribution >= 0.6 is 0 Å². The van der Waals surface area contributed by atoms with Gasteiger partial charge in [0, 0.05) is 39.0 Å². The van der Waals surface area contributed by atoms with E-state index in [4.69, 9.17) is 4.74 Å². The van der Waals surface area contributed by atoms with Gasteiger partial charge in [-0.3, -0.25) is 4.79 Å². The molecule has 1 aromatic carbocycles. The molecule has 2 aliphatic heterocycles. The number of amides is 1. The van der Waals surface area contributed by atoms with Gasteiger partial charge in [-0.05, 0) is 24.6 Å². The highest BCUT2D eigenvalue weighted by Gasteiger charge is 2.38. The number of ether oxygens (including phenoxy) is 1. The third-order valence-corrected chi connectivity index (χ3v) is 6.55. The molecule has 2 heterocycles. The number of hydrogen-bond acceptors (Lipinski definition) is 4. The summed E-state index contributed by atoms with van der Waals surface area (Å²) >= 11 is 0. The fraction of sp³-hybridized carbons (Fsp3) is 0.562. The van der Waals surface area contributed by atoms with E-state index in [2.05, 4.69) is 0 Å². The summed E-state index contributed by atoms with van der Waals surface area (Å²) in [4.78, 5) is 13.3. The number of piperidine rings is 1. The van der Waals surface area contributed by atoms with Crippen LogP contribution in [0.2, 0.25) is 0 Å². The summed E-state index contributed by atoms with van der Waals surface area (Å²) in [6, 6.07) is 5.04. The molecule has 0 spiro atoms. The molecule has 1 aromatic rings. The van der Waals surface area contributed by atoms with E-state index >= 15 is 0 Å². The van der Waals surface area contributed by atoms with E-state index in [9.17, 15) is 17.6 Å². The third kappa shape index (κ3) is 3.45. The molecule has 2 aliphatic rings. The highest BCUT2D eigenvalue weighted by Crippen LogP contribution is 2.28. The van der Waals surface area contributed by atoms with Crippen LogP contribution in [0.5, 0.6) is 0 Å². The minimum Gasteiger partial charge on any atom is -0.375 e. The zero-order valence-corrected chi connectivity index (χ0v) is 14.3. The van der Waals surface area contributed by atoms with E-state index in [0.717, 1.165) is 6.07 Å². The lowest BCUT2D eigenvalue weighted by Crippen LogP contribution is -2.49. The van der Waals surface area contributed by atoms with Gasteiger partial charge in [0.1, 0.15) is 5.82 Å². The lowest BCUT2D eigenvalue weighted by Gasteiger charge is -2.37. The number of hydrogen-bond donors (Lipinski definition) is 0. The standard InChI is InChI=1S/C16H21FN2O4S/c1-12(20)18-7-8-23-16-11-19(6-5-13(16)10-18)24(21,22)15-4-2-3-14(17)9-15/h2-4,9,13,16H,5-8,10-11H2,1H3/t13-,16-/m1/s1. The van der Waals surface area contributed by atoms with E-state index in [-0.39, 0.29) is 29.4 Å². The van der Waals surface area contributed by atoms with E-state index < -0.39 is 15.8 Å². The molecule has 0 aromatic heterocycles. The van der Waals surface area contributed by atoms with Gasteiger partial charge in [-0.25, -0.2) is 12.8 Å². The van der Waals surface area contributed by atoms with Crippen LogP contribution in [0.4, 0.5) is 4.39 Å². The van der Waals surface area contributed by atoms with Crippen LogP contribution < -0.4 is 0 Å². The minimum atomic E-state index is -3.74. The average Bonchev–Trinajstić information content (AvgIpc) is 2.76. The lowest BCUT2D eigenvalue weighted by atomic mass is 9.94. The molecule has 0 radical (unpaired) electrons. The number of benzene rings is 1. The van der Waals surface area contributed by atoms with Crippen molar-refractivity contribution in [2.75, 3.05) is 32.8 Å². The Hall–Kier alpha value is -1.51. The summed E-state index contributed by atoms with van der Waals surface area (Å²) in [5.74, 6) is -0.446. The predicted molar refractivity (Wildman–Crippen MR) is 85.3 cm³/mol. The minimum absolute atomic E-state index is 0.00839. The lowest BCUT2D eigenvalue weighted by molar-refractivity contribution is -0.129. The molecule has 3 rings (SSSR count). The zero-order chi connectivity index (χ0) is 17.3. The Bertz CT molecular complexity index is 725. The van der Waals surface area contributed by atoms with Crippen molar-refractivity contribution in [3.05, 3.63) is 30.1 Å². The van der Waals surface area contributed by atoms with Crippen molar-refractivity contribution in [3.8, 4) is 0 Å². The maximum Gasteiger partial charge on any atom is 0.243 e. The van der Waals surface area contributed by atoms with Crippen molar-refractivity contribution >= 4 is 15.9 Å². The van der Waals surface area contributed by atoms with Gasteiger partial charge in [0.2, 0.25) is 15.9 Å². The fourth-order valence-corrected chi connectivity index (χ4v) is 4.80. The van der Waals surface area contributed by atoms with Crippen LogP contribution in [0.1, 0.15) is 13.3 Å². The van der Waals surface area contributed by atoms with Gasteiger partial charge in [0.25, 0.3) is 0 Å². The number of halogens is 1. The van der Waals surface area contributed by atoms with Gasteiger partial charge in [-0.15, -0.1) is 0 Å². The van der Waals surface area contributed by atoms with Crippen molar-refractivity contribution in [1.29, 1.82) is 0 Å². The van der Waals surface area contributed by atoms with Crippen LogP contribution in [-0.2, 0) is 19.6 Å². The van der Waals surface area contributed by atoms with Crippen molar-refractivity contribution in [3.63, 3.8) is 0 Å². The SMILES string of the molecule is CC(=O)N1CCO[C@@H]2CN(S(=O)(=O)c3cccc(F)c3)CC[C@@H]2C1. The third-order valence-electron chi connectivity index (χ3n) is 4.69. The number of rotatable bonds is 2. The summed E-state index contributed by atoms with van der Waals surface area (Å²) in [5.41, 5.74) is 0. The summed E-state index contributed by atoms with van der Waals surface area (Å²) in [5, 5.41) is 0. The maximum atomic E-state index is 13.4. The van der Waals surface area contributed by atoms with Crippen LogP contribution in [0.25, 0.3) is 0 Å². The van der Waals surface area contributed by atoms with Gasteiger partial charge in [-0.1, -0.05) is 6.07 Å². The second-order valence-corrected chi connectivity index (χ2v) is 8.18. The zero-order valence-electron chi connectivity index (χ0n) is 13.5. The molecule has 0 N–H and O–H groups in total. The molecule has 2 atom stereocenters. The first-order valence-electron chi connectivity index (χ1n) is 8.01. The van der Waals surface area contributed by atoms with E-state index in [1.54, 1.807) is 4.90 Å². The second-order valence-electron chi connectivity index (χ2n) is 6.24. The molecule has 0 unspecified atom stereocenters. The Morgan fingerprint density at radius 2 is 2.08 bits per heavy atom. The monoisotopic (exact) mass is 356 g/mol. The van der Waals surface area contributed by atoms with Crippen molar-refractivity contribution < 1.29 is 22.3 Å². The molecule has 0 aliphatic carbocycles. The van der Waals surface area contributed by atoms with E-state index in [1.807, 2.05) is 0 Å². The summed E-state index contributed by atoms with van der Waals surface area (Å²) in [6.45, 7) is 3.62. The number of sulfonamides is 1. The van der Waals surface area contributed by atoms with Crippen molar-refractivity contribution in [1.82, 2.24) is 9.21 Å². The molecule has 8 heteroatoms. The van der Waals surface area contributed by atoms with Crippen LogP contribution in [-0.4, -0.2) is 62.4 Å². The van der Waals surface area contributed by atoms with Gasteiger partial charge >= 0.3 is 0 Å².